The number of pyridine rings is 1. The Morgan fingerprint density at radius 3 is 2.52 bits per heavy atom. The summed E-state index contributed by atoms with van der Waals surface area (Å²) in [7, 11) is 1.65. The molecule has 0 aliphatic heterocycles. The number of thiazole rings is 1. The highest BCUT2D eigenvalue weighted by atomic mass is 32.1. The largest absolute Gasteiger partial charge is 0.497 e. The van der Waals surface area contributed by atoms with Crippen molar-refractivity contribution in [3.63, 3.8) is 0 Å². The molecule has 4 nitrogen and oxygen atoms in total. The standard InChI is InChI=1S/C20H16N2O2S/c1-24-16-9-6-14(7-10-16)15-8-11-20(23)22(12-15)13-19-21-17-4-2-3-5-18(17)25-19/h2-12H,13H2,1H3. The van der Waals surface area contributed by atoms with Crippen molar-refractivity contribution in [1.29, 1.82) is 0 Å². The first-order valence-corrected chi connectivity index (χ1v) is 8.74. The summed E-state index contributed by atoms with van der Waals surface area (Å²) in [5.41, 5.74) is 2.97. The summed E-state index contributed by atoms with van der Waals surface area (Å²) in [5.74, 6) is 0.812. The molecule has 0 N–H and O–H groups in total. The maximum Gasteiger partial charge on any atom is 0.250 e. The molecule has 0 unspecified atom stereocenters. The third kappa shape index (κ3) is 3.19. The number of methoxy groups -OCH3 is 1. The first-order chi connectivity index (χ1) is 12.2. The summed E-state index contributed by atoms with van der Waals surface area (Å²) in [6.45, 7) is 0.474. The molecule has 4 rings (SSSR count). The second-order valence-corrected chi connectivity index (χ2v) is 6.80. The molecule has 25 heavy (non-hydrogen) atoms. The molecule has 0 aliphatic rings. The highest BCUT2D eigenvalue weighted by Crippen LogP contribution is 2.24. The molecule has 0 aliphatic carbocycles. The zero-order valence-corrected chi connectivity index (χ0v) is 14.5. The van der Waals surface area contributed by atoms with Gasteiger partial charge in [0.1, 0.15) is 10.8 Å². The Hall–Kier alpha value is -2.92. The van der Waals surface area contributed by atoms with Gasteiger partial charge in [0, 0.05) is 12.3 Å². The minimum atomic E-state index is -0.0310. The Kier molecular flexibility index (Phi) is 4.07. The van der Waals surface area contributed by atoms with E-state index in [1.807, 2.05) is 60.8 Å². The molecule has 0 amide bonds. The average Bonchev–Trinajstić information content (AvgIpc) is 3.06. The summed E-state index contributed by atoms with van der Waals surface area (Å²) in [6, 6.07) is 19.3. The van der Waals surface area contributed by atoms with Crippen LogP contribution in [0.1, 0.15) is 5.01 Å². The van der Waals surface area contributed by atoms with Crippen LogP contribution < -0.4 is 10.3 Å². The van der Waals surface area contributed by atoms with Gasteiger partial charge in [-0.3, -0.25) is 4.79 Å². The maximum absolute atomic E-state index is 12.2. The van der Waals surface area contributed by atoms with Crippen molar-refractivity contribution in [2.45, 2.75) is 6.54 Å². The molecular weight excluding hydrogens is 332 g/mol. The Morgan fingerprint density at radius 1 is 1.00 bits per heavy atom. The zero-order chi connectivity index (χ0) is 17.2. The van der Waals surface area contributed by atoms with Crippen LogP contribution in [-0.4, -0.2) is 16.7 Å². The minimum Gasteiger partial charge on any atom is -0.497 e. The molecule has 0 fully saturated rings. The third-order valence-electron chi connectivity index (χ3n) is 4.05. The van der Waals surface area contributed by atoms with Crippen LogP contribution in [0, 0.1) is 0 Å². The van der Waals surface area contributed by atoms with Crippen molar-refractivity contribution >= 4 is 21.6 Å². The number of fused-ring (bicyclic) bond motifs is 1. The monoisotopic (exact) mass is 348 g/mol. The van der Waals surface area contributed by atoms with Gasteiger partial charge in [0.15, 0.2) is 0 Å². The number of aromatic nitrogens is 2. The van der Waals surface area contributed by atoms with Crippen molar-refractivity contribution in [3.8, 4) is 16.9 Å². The van der Waals surface area contributed by atoms with Crippen LogP contribution in [-0.2, 0) is 6.54 Å². The quantitative estimate of drug-likeness (QED) is 0.556. The van der Waals surface area contributed by atoms with E-state index in [1.165, 1.54) is 0 Å². The van der Waals surface area contributed by atoms with Gasteiger partial charge in [-0.25, -0.2) is 4.98 Å². The Morgan fingerprint density at radius 2 is 1.76 bits per heavy atom. The van der Waals surface area contributed by atoms with Gasteiger partial charge in [-0.15, -0.1) is 11.3 Å². The fourth-order valence-corrected chi connectivity index (χ4v) is 3.71. The molecule has 0 bridgehead atoms. The first-order valence-electron chi connectivity index (χ1n) is 7.92. The molecule has 0 radical (unpaired) electrons. The van der Waals surface area contributed by atoms with Gasteiger partial charge >= 0.3 is 0 Å². The van der Waals surface area contributed by atoms with Crippen molar-refractivity contribution < 1.29 is 4.74 Å². The number of hydrogen-bond donors (Lipinski definition) is 0. The van der Waals surface area contributed by atoms with Gasteiger partial charge in [-0.1, -0.05) is 24.3 Å². The molecule has 0 saturated heterocycles. The smallest absolute Gasteiger partial charge is 0.250 e. The Labute approximate surface area is 149 Å². The van der Waals surface area contributed by atoms with E-state index in [4.69, 9.17) is 4.74 Å². The van der Waals surface area contributed by atoms with Gasteiger partial charge in [0.05, 0.1) is 23.9 Å². The van der Waals surface area contributed by atoms with Crippen LogP contribution in [0.25, 0.3) is 21.3 Å². The number of ether oxygens (including phenoxy) is 1. The van der Waals surface area contributed by atoms with Crippen LogP contribution in [0.3, 0.4) is 0 Å². The van der Waals surface area contributed by atoms with E-state index in [0.29, 0.717) is 6.54 Å². The summed E-state index contributed by atoms with van der Waals surface area (Å²) in [5, 5.41) is 0.926. The molecule has 2 aromatic heterocycles. The van der Waals surface area contributed by atoms with Gasteiger partial charge in [-0.2, -0.15) is 0 Å². The van der Waals surface area contributed by atoms with Crippen LogP contribution in [0.5, 0.6) is 5.75 Å². The van der Waals surface area contributed by atoms with Crippen molar-refractivity contribution in [1.82, 2.24) is 9.55 Å². The van der Waals surface area contributed by atoms with Gasteiger partial charge < -0.3 is 9.30 Å². The van der Waals surface area contributed by atoms with E-state index in [0.717, 1.165) is 32.1 Å². The van der Waals surface area contributed by atoms with Gasteiger partial charge in [-0.05, 0) is 41.5 Å². The number of nitrogens with zero attached hydrogens (tertiary/aromatic N) is 2. The number of rotatable bonds is 4. The lowest BCUT2D eigenvalue weighted by molar-refractivity contribution is 0.415. The van der Waals surface area contributed by atoms with E-state index < -0.39 is 0 Å². The third-order valence-corrected chi connectivity index (χ3v) is 5.07. The Balaban J connectivity index is 1.68. The summed E-state index contributed by atoms with van der Waals surface area (Å²) in [4.78, 5) is 16.9. The number of hydrogen-bond acceptors (Lipinski definition) is 4. The molecule has 5 heteroatoms. The van der Waals surface area contributed by atoms with Crippen molar-refractivity contribution in [2.75, 3.05) is 7.11 Å². The summed E-state index contributed by atoms with van der Waals surface area (Å²) >= 11 is 1.62. The highest BCUT2D eigenvalue weighted by Gasteiger charge is 2.07. The maximum atomic E-state index is 12.2. The molecule has 0 spiro atoms. The van der Waals surface area contributed by atoms with E-state index in [1.54, 1.807) is 29.1 Å². The van der Waals surface area contributed by atoms with Crippen LogP contribution >= 0.6 is 11.3 Å². The average molecular weight is 348 g/mol. The lowest BCUT2D eigenvalue weighted by atomic mass is 10.1. The number of benzene rings is 2. The van der Waals surface area contributed by atoms with Crippen LogP contribution in [0.15, 0.2) is 71.7 Å². The van der Waals surface area contributed by atoms with E-state index in [-0.39, 0.29) is 5.56 Å². The van der Waals surface area contributed by atoms with E-state index in [9.17, 15) is 4.79 Å². The molecule has 2 aromatic carbocycles. The van der Waals surface area contributed by atoms with Gasteiger partial charge in [0.2, 0.25) is 0 Å². The highest BCUT2D eigenvalue weighted by molar-refractivity contribution is 7.18. The lowest BCUT2D eigenvalue weighted by Crippen LogP contribution is -2.18. The topological polar surface area (TPSA) is 44.1 Å². The molecule has 4 aromatic rings. The minimum absolute atomic E-state index is 0.0310. The fraction of sp³-hybridized carbons (Fsp3) is 0.100. The van der Waals surface area contributed by atoms with Crippen LogP contribution in [0.2, 0.25) is 0 Å². The van der Waals surface area contributed by atoms with Crippen LogP contribution in [0.4, 0.5) is 0 Å². The predicted octanol–water partition coefficient (Wildman–Crippen LogP) is 4.18. The first kappa shape index (κ1) is 15.6. The van der Waals surface area contributed by atoms with Crippen molar-refractivity contribution in [3.05, 3.63) is 82.2 Å². The zero-order valence-electron chi connectivity index (χ0n) is 13.7. The second kappa shape index (κ2) is 6.53. The Bertz CT molecular complexity index is 1050. The SMILES string of the molecule is COc1ccc(-c2ccc(=O)n(Cc3nc4ccccc4s3)c2)cc1. The van der Waals surface area contributed by atoms with E-state index in [2.05, 4.69) is 4.98 Å². The lowest BCUT2D eigenvalue weighted by Gasteiger charge is -2.08. The molecule has 124 valence electrons. The van der Waals surface area contributed by atoms with E-state index >= 15 is 0 Å². The normalized spacial score (nSPS) is 10.9. The second-order valence-electron chi connectivity index (χ2n) is 5.69. The number of para-hydroxylation sites is 1. The molecule has 0 saturated carbocycles. The fourth-order valence-electron chi connectivity index (χ4n) is 2.74. The predicted molar refractivity (Wildman–Crippen MR) is 101 cm³/mol. The van der Waals surface area contributed by atoms with Gasteiger partial charge in [0.25, 0.3) is 5.56 Å². The summed E-state index contributed by atoms with van der Waals surface area (Å²) in [6.07, 6.45) is 1.89. The van der Waals surface area contributed by atoms with Crippen molar-refractivity contribution in [2.24, 2.45) is 0 Å². The molecule has 2 heterocycles. The summed E-state index contributed by atoms with van der Waals surface area (Å²) < 4.78 is 8.04. The molecular formula is C20H16N2O2S. The molecule has 0 atom stereocenters.